The van der Waals surface area contributed by atoms with E-state index in [-0.39, 0.29) is 11.6 Å². The number of halogens is 3. The highest BCUT2D eigenvalue weighted by Crippen LogP contribution is 2.27. The minimum atomic E-state index is -4.51. The van der Waals surface area contributed by atoms with Gasteiger partial charge in [-0.3, -0.25) is 14.7 Å². The number of carbonyl (C=O) groups is 1. The van der Waals surface area contributed by atoms with Gasteiger partial charge in [-0.15, -0.1) is 0 Å². The van der Waals surface area contributed by atoms with Gasteiger partial charge in [0.1, 0.15) is 5.69 Å². The topological polar surface area (TPSA) is 45.2 Å². The van der Waals surface area contributed by atoms with Gasteiger partial charge in [-0.25, -0.2) is 0 Å². The number of rotatable bonds is 4. The van der Waals surface area contributed by atoms with Crippen LogP contribution in [-0.4, -0.2) is 34.9 Å². The minimum absolute atomic E-state index is 0.120. The van der Waals surface area contributed by atoms with E-state index >= 15 is 0 Å². The Morgan fingerprint density at radius 3 is 2.62 bits per heavy atom. The normalized spacial score (nSPS) is 16.0. The average molecular weight is 363 g/mol. The van der Waals surface area contributed by atoms with Crippen LogP contribution in [0, 0.1) is 0 Å². The molecule has 0 fully saturated rings. The van der Waals surface area contributed by atoms with E-state index in [1.54, 1.807) is 0 Å². The highest BCUT2D eigenvalue weighted by atomic mass is 19.4. The van der Waals surface area contributed by atoms with Gasteiger partial charge in [0.05, 0.1) is 5.56 Å². The number of nitrogens with one attached hydrogen (secondary N) is 1. The molecule has 3 rings (SSSR count). The van der Waals surface area contributed by atoms with Crippen LogP contribution in [0.4, 0.5) is 13.2 Å². The first-order valence-electron chi connectivity index (χ1n) is 8.47. The molecule has 0 saturated heterocycles. The summed E-state index contributed by atoms with van der Waals surface area (Å²) in [7, 11) is 0. The number of benzene rings is 1. The van der Waals surface area contributed by atoms with Crippen LogP contribution >= 0.6 is 0 Å². The van der Waals surface area contributed by atoms with Gasteiger partial charge >= 0.3 is 6.18 Å². The first-order chi connectivity index (χ1) is 12.3. The smallest absolute Gasteiger partial charge is 0.350 e. The molecule has 0 aliphatic carbocycles. The summed E-state index contributed by atoms with van der Waals surface area (Å²) in [5.74, 6) is -0.421. The molecule has 0 saturated carbocycles. The molecule has 1 aliphatic heterocycles. The molecule has 138 valence electrons. The van der Waals surface area contributed by atoms with Gasteiger partial charge in [0.25, 0.3) is 5.91 Å². The van der Waals surface area contributed by atoms with E-state index in [2.05, 4.69) is 27.3 Å². The summed E-state index contributed by atoms with van der Waals surface area (Å²) < 4.78 is 37.6. The number of hydrogen-bond donors (Lipinski definition) is 1. The van der Waals surface area contributed by atoms with Crippen molar-refractivity contribution in [3.8, 4) is 0 Å². The fourth-order valence-electron chi connectivity index (χ4n) is 3.06. The molecule has 1 aromatic carbocycles. The number of alkyl halides is 3. The average Bonchev–Trinajstić information content (AvgIpc) is 2.64. The third-order valence-corrected chi connectivity index (χ3v) is 4.66. The fourth-order valence-corrected chi connectivity index (χ4v) is 3.06. The fraction of sp³-hybridized carbons (Fsp3) is 0.368. The maximum absolute atomic E-state index is 12.5. The first-order valence-corrected chi connectivity index (χ1v) is 8.47. The van der Waals surface area contributed by atoms with Crippen molar-refractivity contribution in [1.82, 2.24) is 15.2 Å². The second kappa shape index (κ2) is 7.45. The molecule has 1 atom stereocenters. The SMILES string of the molecule is C[C@H](CNC(=O)c1ccc(C(F)(F)F)nc1)N1CCc2ccccc2C1. The number of pyridine rings is 1. The van der Waals surface area contributed by atoms with Crippen molar-refractivity contribution >= 4 is 5.91 Å². The maximum atomic E-state index is 12.5. The quantitative estimate of drug-likeness (QED) is 0.907. The van der Waals surface area contributed by atoms with E-state index in [1.165, 1.54) is 11.1 Å². The third kappa shape index (κ3) is 4.22. The Balaban J connectivity index is 1.54. The van der Waals surface area contributed by atoms with E-state index in [9.17, 15) is 18.0 Å². The molecule has 26 heavy (non-hydrogen) atoms. The Labute approximate surface area is 150 Å². The van der Waals surface area contributed by atoms with Crippen molar-refractivity contribution in [3.05, 3.63) is 65.0 Å². The van der Waals surface area contributed by atoms with Crippen LogP contribution in [0.15, 0.2) is 42.6 Å². The van der Waals surface area contributed by atoms with Crippen LogP contribution in [0.2, 0.25) is 0 Å². The Bertz CT molecular complexity index is 774. The van der Waals surface area contributed by atoms with Crippen LogP contribution in [0.1, 0.15) is 34.1 Å². The summed E-state index contributed by atoms with van der Waals surface area (Å²) >= 11 is 0. The summed E-state index contributed by atoms with van der Waals surface area (Å²) in [6.07, 6.45) is -2.58. The van der Waals surface area contributed by atoms with Crippen LogP contribution in [0.25, 0.3) is 0 Å². The number of aromatic nitrogens is 1. The largest absolute Gasteiger partial charge is 0.433 e. The summed E-state index contributed by atoms with van der Waals surface area (Å²) in [4.78, 5) is 17.7. The maximum Gasteiger partial charge on any atom is 0.433 e. The molecule has 4 nitrogen and oxygen atoms in total. The minimum Gasteiger partial charge on any atom is -0.350 e. The number of hydrogen-bond acceptors (Lipinski definition) is 3. The summed E-state index contributed by atoms with van der Waals surface area (Å²) in [5.41, 5.74) is 1.77. The molecule has 1 aliphatic rings. The van der Waals surface area contributed by atoms with Gasteiger partial charge in [0.15, 0.2) is 0 Å². The molecule has 2 heterocycles. The molecule has 0 spiro atoms. The number of nitrogens with zero attached hydrogens (tertiary/aromatic N) is 2. The van der Waals surface area contributed by atoms with Crippen LogP contribution in [0.3, 0.4) is 0 Å². The Morgan fingerprint density at radius 2 is 1.96 bits per heavy atom. The molecule has 1 amide bonds. The van der Waals surface area contributed by atoms with Gasteiger partial charge in [0.2, 0.25) is 0 Å². The van der Waals surface area contributed by atoms with Crippen LogP contribution in [-0.2, 0) is 19.1 Å². The summed E-state index contributed by atoms with van der Waals surface area (Å²) in [6.45, 7) is 4.19. The van der Waals surface area contributed by atoms with Gasteiger partial charge in [0, 0.05) is 31.9 Å². The van der Waals surface area contributed by atoms with Crippen molar-refractivity contribution in [2.75, 3.05) is 13.1 Å². The van der Waals surface area contributed by atoms with E-state index in [0.29, 0.717) is 6.54 Å². The Hall–Kier alpha value is -2.41. The van der Waals surface area contributed by atoms with Gasteiger partial charge in [-0.05, 0) is 36.6 Å². The highest BCUT2D eigenvalue weighted by molar-refractivity contribution is 5.93. The molecule has 7 heteroatoms. The van der Waals surface area contributed by atoms with Crippen LogP contribution < -0.4 is 5.32 Å². The van der Waals surface area contributed by atoms with Crippen molar-refractivity contribution < 1.29 is 18.0 Å². The van der Waals surface area contributed by atoms with Gasteiger partial charge < -0.3 is 5.32 Å². The molecule has 1 aromatic heterocycles. The standard InChI is InChI=1S/C19H20F3N3O/c1-13(25-9-8-14-4-2-3-5-16(14)12-25)10-24-18(26)15-6-7-17(23-11-15)19(20,21)22/h2-7,11,13H,8-10,12H2,1H3,(H,24,26)/t13-/m1/s1. The zero-order chi connectivity index (χ0) is 18.7. The van der Waals surface area contributed by atoms with E-state index in [1.807, 2.05) is 19.1 Å². The van der Waals surface area contributed by atoms with E-state index < -0.39 is 17.8 Å². The lowest BCUT2D eigenvalue weighted by Gasteiger charge is -2.33. The molecule has 0 radical (unpaired) electrons. The lowest BCUT2D eigenvalue weighted by atomic mass is 9.99. The van der Waals surface area contributed by atoms with Crippen molar-refractivity contribution in [1.29, 1.82) is 0 Å². The third-order valence-electron chi connectivity index (χ3n) is 4.66. The van der Waals surface area contributed by atoms with E-state index in [0.717, 1.165) is 37.8 Å². The zero-order valence-corrected chi connectivity index (χ0v) is 14.4. The van der Waals surface area contributed by atoms with Gasteiger partial charge in [-0.1, -0.05) is 24.3 Å². The number of fused-ring (bicyclic) bond motifs is 1. The second-order valence-corrected chi connectivity index (χ2v) is 6.48. The Morgan fingerprint density at radius 1 is 1.23 bits per heavy atom. The molecule has 0 unspecified atom stereocenters. The zero-order valence-electron chi connectivity index (χ0n) is 14.4. The monoisotopic (exact) mass is 363 g/mol. The van der Waals surface area contributed by atoms with Gasteiger partial charge in [-0.2, -0.15) is 13.2 Å². The Kier molecular flexibility index (Phi) is 5.27. The number of carbonyl (C=O) groups excluding carboxylic acids is 1. The van der Waals surface area contributed by atoms with E-state index in [4.69, 9.17) is 0 Å². The molecule has 2 aromatic rings. The second-order valence-electron chi connectivity index (χ2n) is 6.48. The molecular weight excluding hydrogens is 343 g/mol. The first kappa shape index (κ1) is 18.4. The lowest BCUT2D eigenvalue weighted by molar-refractivity contribution is -0.141. The van der Waals surface area contributed by atoms with Crippen molar-refractivity contribution in [3.63, 3.8) is 0 Å². The van der Waals surface area contributed by atoms with Crippen LogP contribution in [0.5, 0.6) is 0 Å². The summed E-state index contributed by atoms with van der Waals surface area (Å²) in [6, 6.07) is 10.4. The molecule has 1 N–H and O–H groups in total. The molecular formula is C19H20F3N3O. The predicted molar refractivity (Wildman–Crippen MR) is 91.6 cm³/mol. The van der Waals surface area contributed by atoms with Crippen molar-refractivity contribution in [2.24, 2.45) is 0 Å². The summed E-state index contributed by atoms with van der Waals surface area (Å²) in [5, 5.41) is 2.78. The highest BCUT2D eigenvalue weighted by Gasteiger charge is 2.32. The number of amides is 1. The van der Waals surface area contributed by atoms with Crippen molar-refractivity contribution in [2.45, 2.75) is 32.1 Å². The predicted octanol–water partition coefficient (Wildman–Crippen LogP) is 3.28. The lowest BCUT2D eigenvalue weighted by Crippen LogP contribution is -2.44. The molecule has 0 bridgehead atoms.